The maximum Gasteiger partial charge on any atom is 0.0786 e. The molecule has 0 heterocycles. The molecule has 0 aromatic heterocycles. The Morgan fingerprint density at radius 1 is 1.73 bits per heavy atom. The zero-order chi connectivity index (χ0) is 8.32. The van der Waals surface area contributed by atoms with E-state index in [1.165, 1.54) is 0 Å². The molecule has 1 aliphatic carbocycles. The molecule has 0 aliphatic heterocycles. The molecule has 66 valence electrons. The van der Waals surface area contributed by atoms with Crippen LogP contribution in [0.4, 0.5) is 0 Å². The number of rotatable bonds is 3. The predicted octanol–water partition coefficient (Wildman–Crippen LogP) is -0.162. The van der Waals surface area contributed by atoms with E-state index in [9.17, 15) is 5.11 Å². The molecule has 1 saturated carbocycles. The van der Waals surface area contributed by atoms with Crippen LogP contribution in [0, 0.1) is 0 Å². The molecule has 1 rings (SSSR count). The summed E-state index contributed by atoms with van der Waals surface area (Å²) in [5.74, 6) is 0. The Bertz CT molecular complexity index is 129. The predicted molar refractivity (Wildman–Crippen MR) is 45.3 cm³/mol. The highest BCUT2D eigenvalue weighted by Gasteiger charge is 2.34. The van der Waals surface area contributed by atoms with Gasteiger partial charge in [-0.1, -0.05) is 6.92 Å². The molecule has 0 amide bonds. The molecular weight excluding hydrogens is 140 g/mol. The molecule has 1 fully saturated rings. The van der Waals surface area contributed by atoms with Crippen LogP contribution in [-0.2, 0) is 0 Å². The van der Waals surface area contributed by atoms with Crippen LogP contribution in [-0.4, -0.2) is 29.8 Å². The first-order valence-corrected chi connectivity index (χ1v) is 4.35. The monoisotopic (exact) mass is 158 g/mol. The largest absolute Gasteiger partial charge is 0.389 e. The lowest BCUT2D eigenvalue weighted by atomic mass is 10.0. The van der Waals surface area contributed by atoms with Crippen molar-refractivity contribution >= 4 is 0 Å². The maximum absolute atomic E-state index is 9.85. The third kappa shape index (κ3) is 2.43. The number of likely N-dealkylation sites (N-methyl/N-ethyl adjacent to an activating group) is 1. The van der Waals surface area contributed by atoms with Crippen molar-refractivity contribution in [3.63, 3.8) is 0 Å². The van der Waals surface area contributed by atoms with Gasteiger partial charge in [0.25, 0.3) is 0 Å². The van der Waals surface area contributed by atoms with Crippen LogP contribution in [0.2, 0.25) is 0 Å². The van der Waals surface area contributed by atoms with Gasteiger partial charge in [-0.15, -0.1) is 0 Å². The number of nitrogens with one attached hydrogen (secondary N) is 1. The first-order chi connectivity index (χ1) is 5.16. The second-order valence-corrected chi connectivity index (χ2v) is 3.51. The Morgan fingerprint density at radius 3 is 2.91 bits per heavy atom. The minimum Gasteiger partial charge on any atom is -0.389 e. The van der Waals surface area contributed by atoms with Crippen molar-refractivity contribution in [3.8, 4) is 0 Å². The standard InChI is InChI=1S/C8H18N2O/c1-2-10-6-8(11)4-3-7(9)5-8/h7,10-11H,2-6,9H2,1H3. The number of aliphatic hydroxyl groups is 1. The van der Waals surface area contributed by atoms with Gasteiger partial charge >= 0.3 is 0 Å². The van der Waals surface area contributed by atoms with E-state index in [4.69, 9.17) is 5.73 Å². The Morgan fingerprint density at radius 2 is 2.45 bits per heavy atom. The molecule has 0 aromatic rings. The van der Waals surface area contributed by atoms with E-state index in [1.807, 2.05) is 6.92 Å². The Hall–Kier alpha value is -0.120. The highest BCUT2D eigenvalue weighted by atomic mass is 16.3. The summed E-state index contributed by atoms with van der Waals surface area (Å²) in [5.41, 5.74) is 5.18. The van der Waals surface area contributed by atoms with Crippen molar-refractivity contribution in [1.82, 2.24) is 5.32 Å². The molecule has 2 unspecified atom stereocenters. The van der Waals surface area contributed by atoms with Gasteiger partial charge in [-0.25, -0.2) is 0 Å². The fourth-order valence-electron chi connectivity index (χ4n) is 1.66. The highest BCUT2D eigenvalue weighted by molar-refractivity contribution is 4.92. The van der Waals surface area contributed by atoms with Crippen molar-refractivity contribution < 1.29 is 5.11 Å². The molecule has 4 N–H and O–H groups in total. The van der Waals surface area contributed by atoms with E-state index in [-0.39, 0.29) is 6.04 Å². The van der Waals surface area contributed by atoms with Crippen LogP contribution < -0.4 is 11.1 Å². The van der Waals surface area contributed by atoms with E-state index in [0.717, 1.165) is 25.8 Å². The minimum atomic E-state index is -0.518. The number of hydrogen-bond donors (Lipinski definition) is 3. The zero-order valence-electron chi connectivity index (χ0n) is 7.14. The van der Waals surface area contributed by atoms with Crippen molar-refractivity contribution in [1.29, 1.82) is 0 Å². The van der Waals surface area contributed by atoms with E-state index in [2.05, 4.69) is 5.32 Å². The molecule has 3 heteroatoms. The fraction of sp³-hybridized carbons (Fsp3) is 1.00. The molecule has 1 aliphatic rings. The quantitative estimate of drug-likeness (QED) is 0.535. The summed E-state index contributed by atoms with van der Waals surface area (Å²) in [5, 5.41) is 13.0. The lowest BCUT2D eigenvalue weighted by molar-refractivity contribution is 0.0470. The minimum absolute atomic E-state index is 0.207. The van der Waals surface area contributed by atoms with Crippen molar-refractivity contribution in [3.05, 3.63) is 0 Å². The average Bonchev–Trinajstić information content (AvgIpc) is 2.28. The average molecular weight is 158 g/mol. The second kappa shape index (κ2) is 3.52. The third-order valence-corrected chi connectivity index (χ3v) is 2.33. The highest BCUT2D eigenvalue weighted by Crippen LogP contribution is 2.27. The van der Waals surface area contributed by atoms with Crippen LogP contribution >= 0.6 is 0 Å². The van der Waals surface area contributed by atoms with Crippen molar-refractivity contribution in [2.75, 3.05) is 13.1 Å². The van der Waals surface area contributed by atoms with Crippen molar-refractivity contribution in [2.24, 2.45) is 5.73 Å². The van der Waals surface area contributed by atoms with E-state index >= 15 is 0 Å². The van der Waals surface area contributed by atoms with Gasteiger partial charge in [0, 0.05) is 12.6 Å². The Balaban J connectivity index is 2.29. The van der Waals surface area contributed by atoms with E-state index < -0.39 is 5.60 Å². The van der Waals surface area contributed by atoms with Gasteiger partial charge in [0.1, 0.15) is 0 Å². The lowest BCUT2D eigenvalue weighted by Gasteiger charge is -2.22. The topological polar surface area (TPSA) is 58.3 Å². The van der Waals surface area contributed by atoms with Crippen LogP contribution in [0.15, 0.2) is 0 Å². The van der Waals surface area contributed by atoms with Crippen molar-refractivity contribution in [2.45, 2.75) is 37.8 Å². The summed E-state index contributed by atoms with van der Waals surface area (Å²) < 4.78 is 0. The number of nitrogens with two attached hydrogens (primary N) is 1. The van der Waals surface area contributed by atoms with Gasteiger partial charge in [-0.2, -0.15) is 0 Å². The summed E-state index contributed by atoms with van der Waals surface area (Å²) in [6.07, 6.45) is 2.56. The zero-order valence-corrected chi connectivity index (χ0v) is 7.14. The molecule has 2 atom stereocenters. The maximum atomic E-state index is 9.85. The summed E-state index contributed by atoms with van der Waals surface area (Å²) in [6, 6.07) is 0.207. The van der Waals surface area contributed by atoms with Gasteiger partial charge in [0.15, 0.2) is 0 Å². The summed E-state index contributed by atoms with van der Waals surface area (Å²) in [6.45, 7) is 3.65. The molecule has 0 spiro atoms. The molecule has 0 saturated heterocycles. The Labute approximate surface area is 68.0 Å². The molecule has 0 radical (unpaired) electrons. The van der Waals surface area contributed by atoms with Gasteiger partial charge in [-0.3, -0.25) is 0 Å². The molecule has 0 bridgehead atoms. The first-order valence-electron chi connectivity index (χ1n) is 4.35. The molecule has 0 aromatic carbocycles. The Kier molecular flexibility index (Phi) is 2.87. The number of hydrogen-bond acceptors (Lipinski definition) is 3. The summed E-state index contributed by atoms with van der Waals surface area (Å²) in [4.78, 5) is 0. The normalized spacial score (nSPS) is 37.9. The van der Waals surface area contributed by atoms with Crippen LogP contribution in [0.5, 0.6) is 0 Å². The van der Waals surface area contributed by atoms with Crippen LogP contribution in [0.25, 0.3) is 0 Å². The second-order valence-electron chi connectivity index (χ2n) is 3.51. The van der Waals surface area contributed by atoms with Gasteiger partial charge < -0.3 is 16.2 Å². The van der Waals surface area contributed by atoms with E-state index in [1.54, 1.807) is 0 Å². The third-order valence-electron chi connectivity index (χ3n) is 2.33. The lowest BCUT2D eigenvalue weighted by Crippen LogP contribution is -2.39. The molecular formula is C8H18N2O. The van der Waals surface area contributed by atoms with Gasteiger partial charge in [-0.05, 0) is 25.8 Å². The first kappa shape index (κ1) is 8.97. The van der Waals surface area contributed by atoms with Gasteiger partial charge in [0.2, 0.25) is 0 Å². The van der Waals surface area contributed by atoms with Crippen LogP contribution in [0.3, 0.4) is 0 Å². The fourth-order valence-corrected chi connectivity index (χ4v) is 1.66. The molecule has 3 nitrogen and oxygen atoms in total. The summed E-state index contributed by atoms with van der Waals surface area (Å²) >= 11 is 0. The van der Waals surface area contributed by atoms with E-state index in [0.29, 0.717) is 6.54 Å². The summed E-state index contributed by atoms with van der Waals surface area (Å²) in [7, 11) is 0. The van der Waals surface area contributed by atoms with Gasteiger partial charge in [0.05, 0.1) is 5.60 Å². The SMILES string of the molecule is CCNCC1(O)CCC(N)C1. The van der Waals surface area contributed by atoms with Crippen LogP contribution in [0.1, 0.15) is 26.2 Å². The smallest absolute Gasteiger partial charge is 0.0786 e. The molecule has 11 heavy (non-hydrogen) atoms.